The van der Waals surface area contributed by atoms with E-state index in [2.05, 4.69) is 9.71 Å². The topological polar surface area (TPSA) is 114 Å². The molecule has 2 heterocycles. The van der Waals surface area contributed by atoms with Gasteiger partial charge in [-0.25, -0.2) is 9.78 Å². The summed E-state index contributed by atoms with van der Waals surface area (Å²) in [6.07, 6.45) is 6.23. The van der Waals surface area contributed by atoms with Gasteiger partial charge in [0.1, 0.15) is 11.5 Å². The van der Waals surface area contributed by atoms with Crippen LogP contribution in [0.25, 0.3) is 0 Å². The third-order valence-corrected chi connectivity index (χ3v) is 8.50. The fourth-order valence-electron chi connectivity index (χ4n) is 5.05. The summed E-state index contributed by atoms with van der Waals surface area (Å²) in [6, 6.07) is 18.5. The molecule has 0 amide bonds. The SMILES string of the molecule is CC[C@H](Cc1ccccc1)c1cc(O)c(C(c2cccc(NS(=O)(=O)c3nccn3C)c2)C2CC2)c(=O)o1. The Morgan fingerprint density at radius 3 is 2.53 bits per heavy atom. The minimum atomic E-state index is -3.90. The molecule has 2 atom stereocenters. The average Bonchev–Trinajstić information content (AvgIpc) is 3.63. The Labute approximate surface area is 222 Å². The van der Waals surface area contributed by atoms with E-state index < -0.39 is 21.6 Å². The molecular formula is C29H31N3O5S. The minimum absolute atomic E-state index is 0.0479. The van der Waals surface area contributed by atoms with Crippen LogP contribution in [0.2, 0.25) is 0 Å². The van der Waals surface area contributed by atoms with Crippen molar-refractivity contribution in [2.24, 2.45) is 13.0 Å². The number of aromatic nitrogens is 2. The molecule has 0 saturated heterocycles. The fraction of sp³-hybridized carbons (Fsp3) is 0.310. The van der Waals surface area contributed by atoms with Crippen molar-refractivity contribution in [1.82, 2.24) is 9.55 Å². The Morgan fingerprint density at radius 1 is 1.13 bits per heavy atom. The van der Waals surface area contributed by atoms with Gasteiger partial charge in [-0.3, -0.25) is 4.72 Å². The number of aryl methyl sites for hydroxylation is 1. The second-order valence-electron chi connectivity index (χ2n) is 9.90. The molecule has 8 nitrogen and oxygen atoms in total. The van der Waals surface area contributed by atoms with Crippen molar-refractivity contribution in [2.75, 3.05) is 4.72 Å². The molecule has 1 saturated carbocycles. The summed E-state index contributed by atoms with van der Waals surface area (Å²) >= 11 is 0. The highest BCUT2D eigenvalue weighted by molar-refractivity contribution is 7.92. The van der Waals surface area contributed by atoms with Crippen LogP contribution >= 0.6 is 0 Å². The first-order valence-corrected chi connectivity index (χ1v) is 14.3. The first-order valence-electron chi connectivity index (χ1n) is 12.8. The molecule has 0 bridgehead atoms. The van der Waals surface area contributed by atoms with E-state index in [9.17, 15) is 18.3 Å². The number of hydrogen-bond donors (Lipinski definition) is 2. The molecule has 198 valence electrons. The average molecular weight is 534 g/mol. The lowest BCUT2D eigenvalue weighted by Gasteiger charge is -2.20. The first kappa shape index (κ1) is 25.8. The molecule has 38 heavy (non-hydrogen) atoms. The summed E-state index contributed by atoms with van der Waals surface area (Å²) in [5.74, 6) is 0.0788. The maximum absolute atomic E-state index is 13.3. The monoisotopic (exact) mass is 533 g/mol. The van der Waals surface area contributed by atoms with Crippen molar-refractivity contribution >= 4 is 15.7 Å². The number of rotatable bonds is 10. The second-order valence-corrected chi connectivity index (χ2v) is 11.5. The number of hydrogen-bond acceptors (Lipinski definition) is 6. The van der Waals surface area contributed by atoms with Crippen molar-refractivity contribution in [2.45, 2.75) is 49.6 Å². The largest absolute Gasteiger partial charge is 0.507 e. The predicted octanol–water partition coefficient (Wildman–Crippen LogP) is 5.16. The standard InChI is InChI=1S/C29H31N3O5S/c1-3-20(16-19-8-5-4-6-9-19)25-18-24(33)27(28(34)37-25)26(21-12-13-21)22-10-7-11-23(17-22)31-38(35,36)29-30-14-15-32(29)2/h4-11,14-15,17-18,20-21,26,31,33H,3,12-13,16H2,1-2H3/t20-,26?/m1/s1. The maximum Gasteiger partial charge on any atom is 0.343 e. The predicted molar refractivity (Wildman–Crippen MR) is 145 cm³/mol. The lowest BCUT2D eigenvalue weighted by atomic mass is 9.86. The van der Waals surface area contributed by atoms with E-state index in [0.29, 0.717) is 17.9 Å². The number of sulfonamides is 1. The molecule has 1 aliphatic carbocycles. The van der Waals surface area contributed by atoms with Gasteiger partial charge in [0.2, 0.25) is 5.16 Å². The number of nitrogens with one attached hydrogen (secondary N) is 1. The Balaban J connectivity index is 1.46. The van der Waals surface area contributed by atoms with Crippen LogP contribution in [0.1, 0.15) is 60.5 Å². The molecule has 0 aliphatic heterocycles. The Bertz CT molecular complexity index is 1590. The summed E-state index contributed by atoms with van der Waals surface area (Å²) in [4.78, 5) is 17.3. The molecule has 9 heteroatoms. The Kier molecular flexibility index (Phi) is 7.12. The fourth-order valence-corrected chi connectivity index (χ4v) is 6.22. The van der Waals surface area contributed by atoms with E-state index >= 15 is 0 Å². The molecule has 2 aromatic carbocycles. The van der Waals surface area contributed by atoms with Gasteiger partial charge in [-0.15, -0.1) is 0 Å². The van der Waals surface area contributed by atoms with Crippen LogP contribution < -0.4 is 10.3 Å². The summed E-state index contributed by atoms with van der Waals surface area (Å²) in [7, 11) is -2.29. The summed E-state index contributed by atoms with van der Waals surface area (Å²) in [5, 5.41) is 11.0. The van der Waals surface area contributed by atoms with E-state index in [4.69, 9.17) is 4.42 Å². The smallest absolute Gasteiger partial charge is 0.343 e. The third-order valence-electron chi connectivity index (χ3n) is 7.13. The van der Waals surface area contributed by atoms with Crippen molar-refractivity contribution in [3.63, 3.8) is 0 Å². The van der Waals surface area contributed by atoms with Crippen LogP contribution in [-0.4, -0.2) is 23.1 Å². The van der Waals surface area contributed by atoms with Gasteiger partial charge in [0.05, 0.1) is 5.56 Å². The zero-order valence-electron chi connectivity index (χ0n) is 21.4. The van der Waals surface area contributed by atoms with Crippen molar-refractivity contribution in [3.8, 4) is 5.75 Å². The highest BCUT2D eigenvalue weighted by atomic mass is 32.2. The quantitative estimate of drug-likeness (QED) is 0.291. The Hall–Kier alpha value is -3.85. The van der Waals surface area contributed by atoms with Crippen LogP contribution in [0.15, 0.2) is 87.4 Å². The van der Waals surface area contributed by atoms with Crippen molar-refractivity contribution in [1.29, 1.82) is 0 Å². The highest BCUT2D eigenvalue weighted by Crippen LogP contribution is 2.48. The number of benzene rings is 2. The molecule has 1 fully saturated rings. The normalized spacial score (nSPS) is 15.2. The number of aromatic hydroxyl groups is 1. The molecule has 0 spiro atoms. The van der Waals surface area contributed by atoms with E-state index in [1.807, 2.05) is 43.3 Å². The van der Waals surface area contributed by atoms with Gasteiger partial charge in [0.15, 0.2) is 0 Å². The van der Waals surface area contributed by atoms with Gasteiger partial charge in [-0.1, -0.05) is 49.4 Å². The van der Waals surface area contributed by atoms with Crippen LogP contribution in [0.5, 0.6) is 5.75 Å². The van der Waals surface area contributed by atoms with Gasteiger partial charge in [-0.05, 0) is 54.9 Å². The van der Waals surface area contributed by atoms with Crippen molar-refractivity contribution in [3.05, 3.63) is 106 Å². The van der Waals surface area contributed by atoms with Gasteiger partial charge in [0.25, 0.3) is 10.0 Å². The van der Waals surface area contributed by atoms with Gasteiger partial charge >= 0.3 is 5.63 Å². The van der Waals surface area contributed by atoms with Gasteiger partial charge < -0.3 is 14.1 Å². The lowest BCUT2D eigenvalue weighted by Crippen LogP contribution is -2.19. The molecule has 1 aliphatic rings. The molecule has 2 aromatic heterocycles. The zero-order valence-corrected chi connectivity index (χ0v) is 22.2. The zero-order chi connectivity index (χ0) is 26.9. The molecule has 2 N–H and O–H groups in total. The van der Waals surface area contributed by atoms with Crippen LogP contribution in [0.4, 0.5) is 5.69 Å². The van der Waals surface area contributed by atoms with E-state index in [1.165, 1.54) is 10.8 Å². The number of anilines is 1. The second kappa shape index (κ2) is 10.5. The van der Waals surface area contributed by atoms with Crippen LogP contribution in [0, 0.1) is 5.92 Å². The van der Waals surface area contributed by atoms with Crippen molar-refractivity contribution < 1.29 is 17.9 Å². The minimum Gasteiger partial charge on any atom is -0.507 e. The van der Waals surface area contributed by atoms with Gasteiger partial charge in [0, 0.05) is 43.0 Å². The van der Waals surface area contributed by atoms with Crippen LogP contribution in [0.3, 0.4) is 0 Å². The lowest BCUT2D eigenvalue weighted by molar-refractivity contribution is 0.379. The molecular weight excluding hydrogens is 502 g/mol. The summed E-state index contributed by atoms with van der Waals surface area (Å²) in [5.41, 5.74) is 1.88. The number of imidazole rings is 1. The summed E-state index contributed by atoms with van der Waals surface area (Å²) < 4.78 is 35.5. The van der Waals surface area contributed by atoms with Crippen LogP contribution in [-0.2, 0) is 23.5 Å². The van der Waals surface area contributed by atoms with E-state index in [-0.39, 0.29) is 28.3 Å². The Morgan fingerprint density at radius 2 is 1.89 bits per heavy atom. The number of nitrogens with zero attached hydrogens (tertiary/aromatic N) is 2. The summed E-state index contributed by atoms with van der Waals surface area (Å²) in [6.45, 7) is 2.03. The van der Waals surface area contributed by atoms with E-state index in [0.717, 1.165) is 30.4 Å². The molecule has 5 rings (SSSR count). The third kappa shape index (κ3) is 5.38. The van der Waals surface area contributed by atoms with E-state index in [1.54, 1.807) is 37.5 Å². The molecule has 0 radical (unpaired) electrons. The van der Waals surface area contributed by atoms with Gasteiger partial charge in [-0.2, -0.15) is 8.42 Å². The molecule has 1 unspecified atom stereocenters. The maximum atomic E-state index is 13.3. The highest BCUT2D eigenvalue weighted by Gasteiger charge is 2.38. The molecule has 4 aromatic rings. The first-order chi connectivity index (χ1) is 18.3.